The first-order chi connectivity index (χ1) is 4.75. The van der Waals surface area contributed by atoms with Crippen LogP contribution in [0, 0.1) is 12.1 Å². The van der Waals surface area contributed by atoms with Crippen molar-refractivity contribution in [2.24, 2.45) is 0 Å². The summed E-state index contributed by atoms with van der Waals surface area (Å²) in [5.41, 5.74) is 0.654. The summed E-state index contributed by atoms with van der Waals surface area (Å²) >= 11 is 1.43. The highest BCUT2D eigenvalue weighted by Gasteiger charge is 2.12. The fraction of sp³-hybridized carbons (Fsp3) is 0.600. The molecule has 0 bridgehead atoms. The van der Waals surface area contributed by atoms with E-state index in [1.165, 1.54) is 11.8 Å². The monoisotopic (exact) mass is 160 g/mol. The molecule has 0 aliphatic carbocycles. The first kappa shape index (κ1) is 7.40. The maximum absolute atomic E-state index is 10.7. The summed E-state index contributed by atoms with van der Waals surface area (Å²) in [5, 5.41) is 14.7. The average molecular weight is 160 g/mol. The van der Waals surface area contributed by atoms with Crippen LogP contribution in [-0.4, -0.2) is 10.9 Å². The van der Waals surface area contributed by atoms with Gasteiger partial charge in [0.15, 0.2) is 0 Å². The molecule has 0 aliphatic heterocycles. The van der Waals surface area contributed by atoms with Gasteiger partial charge in [0.25, 0.3) is 5.03 Å². The van der Waals surface area contributed by atoms with Crippen molar-refractivity contribution in [2.75, 3.05) is 5.75 Å². The molecule has 0 N–H and O–H groups in total. The molecule has 1 rings (SSSR count). The third-order valence-corrected chi connectivity index (χ3v) is 2.01. The van der Waals surface area contributed by atoms with Crippen molar-refractivity contribution in [3.63, 3.8) is 0 Å². The topological polar surface area (TPSA) is 53.0 Å². The summed E-state index contributed by atoms with van der Waals surface area (Å²) in [7, 11) is 0. The fourth-order valence-corrected chi connectivity index (χ4v) is 1.26. The Hall–Kier alpha value is -0.710. The number of aromatic nitrogens is 2. The summed E-state index contributed by atoms with van der Waals surface area (Å²) < 4.78 is 4.34. The molecule has 0 saturated heterocycles. The zero-order valence-electron chi connectivity index (χ0n) is 5.83. The van der Waals surface area contributed by atoms with Gasteiger partial charge in [-0.1, -0.05) is 18.7 Å². The smallest absolute Gasteiger partial charge is 0.254 e. The van der Waals surface area contributed by atoms with Gasteiger partial charge < -0.3 is 5.21 Å². The van der Waals surface area contributed by atoms with E-state index >= 15 is 0 Å². The van der Waals surface area contributed by atoms with E-state index in [4.69, 9.17) is 0 Å². The van der Waals surface area contributed by atoms with Crippen LogP contribution in [0.15, 0.2) is 9.65 Å². The van der Waals surface area contributed by atoms with Crippen molar-refractivity contribution in [2.45, 2.75) is 18.9 Å². The lowest BCUT2D eigenvalue weighted by Gasteiger charge is -1.90. The lowest BCUT2D eigenvalue weighted by atomic mass is 10.6. The third-order valence-electron chi connectivity index (χ3n) is 1.01. The molecule has 10 heavy (non-hydrogen) atoms. The van der Waals surface area contributed by atoms with Crippen molar-refractivity contribution >= 4 is 11.8 Å². The van der Waals surface area contributed by atoms with Gasteiger partial charge in [0, 0.05) is 12.1 Å². The average Bonchev–Trinajstić information content (AvgIpc) is 2.20. The van der Waals surface area contributed by atoms with E-state index in [9.17, 15) is 5.21 Å². The molecule has 0 fully saturated rings. The molecule has 0 atom stereocenters. The fourth-order valence-electron chi connectivity index (χ4n) is 0.600. The lowest BCUT2D eigenvalue weighted by molar-refractivity contribution is -0.831. The number of aryl methyl sites for hydroxylation is 1. The second-order valence-corrected chi connectivity index (χ2v) is 3.01. The molecule has 1 aromatic rings. The van der Waals surface area contributed by atoms with E-state index in [-0.39, 0.29) is 0 Å². The molecule has 0 aliphatic rings. The zero-order valence-corrected chi connectivity index (χ0v) is 6.64. The molecule has 0 unspecified atom stereocenters. The van der Waals surface area contributed by atoms with Crippen molar-refractivity contribution < 1.29 is 9.53 Å². The minimum absolute atomic E-state index is 0.434. The van der Waals surface area contributed by atoms with Gasteiger partial charge in [0.05, 0.1) is 0 Å². The van der Waals surface area contributed by atoms with Crippen LogP contribution in [0.5, 0.6) is 0 Å². The summed E-state index contributed by atoms with van der Waals surface area (Å²) in [5.74, 6) is 0.851. The quantitative estimate of drug-likeness (QED) is 0.472. The predicted molar refractivity (Wildman–Crippen MR) is 36.6 cm³/mol. The molecule has 1 aromatic heterocycles. The Morgan fingerprint density at radius 3 is 2.90 bits per heavy atom. The van der Waals surface area contributed by atoms with E-state index in [1.807, 2.05) is 6.92 Å². The van der Waals surface area contributed by atoms with Crippen LogP contribution < -0.4 is 4.90 Å². The summed E-state index contributed by atoms with van der Waals surface area (Å²) in [6.07, 6.45) is 0. The van der Waals surface area contributed by atoms with Crippen molar-refractivity contribution in [3.8, 4) is 0 Å². The third kappa shape index (κ3) is 1.23. The molecule has 0 radical (unpaired) electrons. The van der Waals surface area contributed by atoms with Crippen LogP contribution >= 0.6 is 11.8 Å². The largest absolute Gasteiger partial charge is 0.359 e. The Bertz CT molecular complexity index is 204. The van der Waals surface area contributed by atoms with Crippen LogP contribution in [0.4, 0.5) is 0 Å². The molecule has 4 nitrogen and oxygen atoms in total. The molecule has 0 aromatic carbocycles. The van der Waals surface area contributed by atoms with E-state index in [0.29, 0.717) is 15.6 Å². The first-order valence-electron chi connectivity index (χ1n) is 2.94. The number of thioether (sulfide) groups is 1. The second-order valence-electron chi connectivity index (χ2n) is 1.75. The molecule has 0 amide bonds. The molecular weight excluding hydrogens is 152 g/mol. The number of hydrogen-bond acceptors (Lipinski definition) is 4. The second kappa shape index (κ2) is 2.92. The molecule has 0 spiro atoms. The molecule has 1 heterocycles. The summed E-state index contributed by atoms with van der Waals surface area (Å²) in [4.78, 5) is 0.434. The Morgan fingerprint density at radius 1 is 1.80 bits per heavy atom. The van der Waals surface area contributed by atoms with Gasteiger partial charge in [0.2, 0.25) is 5.69 Å². The van der Waals surface area contributed by atoms with Crippen molar-refractivity contribution in [1.82, 2.24) is 5.16 Å². The minimum Gasteiger partial charge on any atom is -0.359 e. The van der Waals surface area contributed by atoms with Gasteiger partial charge in [-0.3, -0.25) is 4.63 Å². The highest BCUT2D eigenvalue weighted by molar-refractivity contribution is 7.99. The van der Waals surface area contributed by atoms with Gasteiger partial charge in [-0.15, -0.1) is 0 Å². The standard InChI is InChI=1S/C5H8N2O2S/c1-3-10-5-4(2)6-9-7(5)8/h3H2,1-2H3. The SMILES string of the molecule is CCSc1c(C)no[n+]1[O-]. The Labute approximate surface area is 62.7 Å². The van der Waals surface area contributed by atoms with Crippen LogP contribution in [0.3, 0.4) is 0 Å². The van der Waals surface area contributed by atoms with Gasteiger partial charge in [-0.2, -0.15) is 0 Å². The number of rotatable bonds is 2. The van der Waals surface area contributed by atoms with Crippen LogP contribution in [-0.2, 0) is 0 Å². The molecule has 56 valence electrons. The molecule has 0 saturated carbocycles. The summed E-state index contributed by atoms with van der Waals surface area (Å²) in [6.45, 7) is 3.72. The van der Waals surface area contributed by atoms with Gasteiger partial charge in [0.1, 0.15) is 0 Å². The Kier molecular flexibility index (Phi) is 2.16. The van der Waals surface area contributed by atoms with Crippen molar-refractivity contribution in [1.29, 1.82) is 0 Å². The Morgan fingerprint density at radius 2 is 2.50 bits per heavy atom. The molecule has 5 heteroatoms. The van der Waals surface area contributed by atoms with Gasteiger partial charge >= 0.3 is 0 Å². The predicted octanol–water partition coefficient (Wildman–Crippen LogP) is 0.728. The highest BCUT2D eigenvalue weighted by Crippen LogP contribution is 2.14. The minimum atomic E-state index is 0.434. The first-order valence-corrected chi connectivity index (χ1v) is 3.93. The van der Waals surface area contributed by atoms with Crippen LogP contribution in [0.25, 0.3) is 0 Å². The van der Waals surface area contributed by atoms with Crippen LogP contribution in [0.1, 0.15) is 12.6 Å². The van der Waals surface area contributed by atoms with Gasteiger partial charge in [-0.25, -0.2) is 0 Å². The summed E-state index contributed by atoms with van der Waals surface area (Å²) in [6, 6.07) is 0. The number of nitrogens with zero attached hydrogens (tertiary/aromatic N) is 2. The van der Waals surface area contributed by atoms with Crippen LogP contribution in [0.2, 0.25) is 0 Å². The van der Waals surface area contributed by atoms with Crippen molar-refractivity contribution in [3.05, 3.63) is 10.9 Å². The van der Waals surface area contributed by atoms with E-state index in [1.54, 1.807) is 6.92 Å². The maximum atomic E-state index is 10.7. The zero-order chi connectivity index (χ0) is 7.56. The number of hydrogen-bond donors (Lipinski definition) is 0. The maximum Gasteiger partial charge on any atom is 0.254 e. The van der Waals surface area contributed by atoms with E-state index in [0.717, 1.165) is 5.75 Å². The normalized spacial score (nSPS) is 10.2. The molecular formula is C5H8N2O2S. The Balaban J connectivity index is 2.87. The van der Waals surface area contributed by atoms with Gasteiger partial charge in [-0.05, 0) is 10.7 Å². The van der Waals surface area contributed by atoms with E-state index < -0.39 is 0 Å². The van der Waals surface area contributed by atoms with E-state index in [2.05, 4.69) is 9.79 Å². The highest BCUT2D eigenvalue weighted by atomic mass is 32.2. The lowest BCUT2D eigenvalue weighted by Crippen LogP contribution is -2.25.